The van der Waals surface area contributed by atoms with Crippen LogP contribution in [0.4, 0.5) is 0 Å². The summed E-state index contributed by atoms with van der Waals surface area (Å²) in [5.41, 5.74) is 0. The lowest BCUT2D eigenvalue weighted by Gasteiger charge is -2.19. The fourth-order valence-corrected chi connectivity index (χ4v) is 5.34. The second kappa shape index (κ2) is 6.63. The predicted molar refractivity (Wildman–Crippen MR) is 95.0 cm³/mol. The zero-order chi connectivity index (χ0) is 16.3. The molecule has 0 unspecified atom stereocenters. The molecule has 0 atom stereocenters. The van der Waals surface area contributed by atoms with Crippen LogP contribution in [0.15, 0.2) is 89.8 Å². The van der Waals surface area contributed by atoms with Gasteiger partial charge in [0.15, 0.2) is 0 Å². The van der Waals surface area contributed by atoms with Crippen molar-refractivity contribution in [1.29, 1.82) is 0 Å². The third kappa shape index (κ3) is 3.67. The van der Waals surface area contributed by atoms with Crippen molar-refractivity contribution in [3.63, 3.8) is 0 Å². The van der Waals surface area contributed by atoms with Crippen molar-refractivity contribution in [2.24, 2.45) is 0 Å². The molecule has 1 N–H and O–H groups in total. The van der Waals surface area contributed by atoms with Gasteiger partial charge in [0.1, 0.15) is 0 Å². The van der Waals surface area contributed by atoms with E-state index in [0.717, 1.165) is 15.9 Å². The van der Waals surface area contributed by atoms with Crippen molar-refractivity contribution in [1.82, 2.24) is 0 Å². The summed E-state index contributed by atoms with van der Waals surface area (Å²) < 4.78 is 32.2. The zero-order valence-corrected chi connectivity index (χ0v) is 13.9. The summed E-state index contributed by atoms with van der Waals surface area (Å²) in [7, 11) is -5.10. The molecule has 0 amide bonds. The number of benzene rings is 3. The SMILES string of the molecule is O=S(=O)(O)c1cccc(P(c2ccccc2)c2ccccc2)c1. The van der Waals surface area contributed by atoms with Crippen LogP contribution in [0.25, 0.3) is 0 Å². The van der Waals surface area contributed by atoms with Crippen LogP contribution in [-0.2, 0) is 10.1 Å². The number of rotatable bonds is 4. The van der Waals surface area contributed by atoms with E-state index in [4.69, 9.17) is 0 Å². The van der Waals surface area contributed by atoms with E-state index >= 15 is 0 Å². The van der Waals surface area contributed by atoms with Crippen LogP contribution in [-0.4, -0.2) is 13.0 Å². The normalized spacial score (nSPS) is 11.6. The molecule has 5 heteroatoms. The van der Waals surface area contributed by atoms with Crippen LogP contribution in [0.1, 0.15) is 0 Å². The molecule has 0 bridgehead atoms. The van der Waals surface area contributed by atoms with Gasteiger partial charge >= 0.3 is 0 Å². The van der Waals surface area contributed by atoms with Gasteiger partial charge in [0, 0.05) is 0 Å². The molecule has 0 saturated carbocycles. The summed E-state index contributed by atoms with van der Waals surface area (Å²) in [6, 6.07) is 26.5. The van der Waals surface area contributed by atoms with Gasteiger partial charge < -0.3 is 0 Å². The zero-order valence-electron chi connectivity index (χ0n) is 12.2. The molecule has 0 aliphatic rings. The van der Waals surface area contributed by atoms with E-state index in [0.29, 0.717) is 0 Å². The first-order valence-corrected chi connectivity index (χ1v) is 9.82. The van der Waals surface area contributed by atoms with E-state index in [1.807, 2.05) is 66.7 Å². The Labute approximate surface area is 137 Å². The molecule has 0 spiro atoms. The molecular formula is C18H15O3PS. The van der Waals surface area contributed by atoms with Gasteiger partial charge in [-0.15, -0.1) is 0 Å². The second-order valence-electron chi connectivity index (χ2n) is 4.98. The van der Waals surface area contributed by atoms with E-state index in [-0.39, 0.29) is 4.90 Å². The Hall–Kier alpha value is -2.00. The molecule has 0 aliphatic heterocycles. The Balaban J connectivity index is 2.17. The van der Waals surface area contributed by atoms with Crippen LogP contribution < -0.4 is 15.9 Å². The minimum atomic E-state index is -4.21. The Kier molecular flexibility index (Phi) is 4.58. The van der Waals surface area contributed by atoms with Crippen molar-refractivity contribution in [2.45, 2.75) is 4.90 Å². The highest BCUT2D eigenvalue weighted by atomic mass is 32.2. The molecule has 0 fully saturated rings. The van der Waals surface area contributed by atoms with Gasteiger partial charge in [-0.25, -0.2) is 0 Å². The summed E-state index contributed by atoms with van der Waals surface area (Å²) in [6.45, 7) is 0. The van der Waals surface area contributed by atoms with E-state index in [2.05, 4.69) is 0 Å². The predicted octanol–water partition coefficient (Wildman–Crippen LogP) is 2.69. The highest BCUT2D eigenvalue weighted by molar-refractivity contribution is 7.86. The summed E-state index contributed by atoms with van der Waals surface area (Å²) in [5.74, 6) is 0. The van der Waals surface area contributed by atoms with Crippen molar-refractivity contribution in [3.05, 3.63) is 84.9 Å². The fraction of sp³-hybridized carbons (Fsp3) is 0. The molecule has 0 aliphatic carbocycles. The van der Waals surface area contributed by atoms with E-state index in [9.17, 15) is 13.0 Å². The molecule has 116 valence electrons. The first-order chi connectivity index (χ1) is 11.1. The van der Waals surface area contributed by atoms with Crippen LogP contribution in [0.2, 0.25) is 0 Å². The van der Waals surface area contributed by atoms with Gasteiger partial charge in [-0.05, 0) is 36.0 Å². The lowest BCUT2D eigenvalue weighted by atomic mass is 10.3. The average Bonchev–Trinajstić information content (AvgIpc) is 2.57. The van der Waals surface area contributed by atoms with Gasteiger partial charge in [-0.1, -0.05) is 72.8 Å². The van der Waals surface area contributed by atoms with Crippen molar-refractivity contribution >= 4 is 34.0 Å². The molecule has 0 heterocycles. The van der Waals surface area contributed by atoms with Crippen LogP contribution in [0, 0.1) is 0 Å². The Morgan fingerprint density at radius 3 is 1.61 bits per heavy atom. The third-order valence-electron chi connectivity index (χ3n) is 3.40. The Bertz CT molecular complexity index is 854. The largest absolute Gasteiger partial charge is 0.294 e. The minimum absolute atomic E-state index is 0.0747. The third-order valence-corrected chi connectivity index (χ3v) is 6.68. The quantitative estimate of drug-likeness (QED) is 0.586. The maximum atomic E-state index is 11.4. The van der Waals surface area contributed by atoms with Gasteiger partial charge in [-0.3, -0.25) is 4.55 Å². The topological polar surface area (TPSA) is 54.4 Å². The molecule has 23 heavy (non-hydrogen) atoms. The van der Waals surface area contributed by atoms with E-state index < -0.39 is 18.0 Å². The maximum absolute atomic E-state index is 11.4. The molecule has 0 saturated heterocycles. The second-order valence-corrected chi connectivity index (χ2v) is 8.62. The smallest absolute Gasteiger partial charge is 0.282 e. The van der Waals surface area contributed by atoms with Crippen LogP contribution in [0.5, 0.6) is 0 Å². The first kappa shape index (κ1) is 15.9. The lowest BCUT2D eigenvalue weighted by molar-refractivity contribution is 0.483. The Morgan fingerprint density at radius 1 is 0.652 bits per heavy atom. The molecule has 3 rings (SSSR count). The van der Waals surface area contributed by atoms with Crippen molar-refractivity contribution < 1.29 is 13.0 Å². The monoisotopic (exact) mass is 342 g/mol. The summed E-state index contributed by atoms with van der Waals surface area (Å²) in [6.07, 6.45) is 0. The molecule has 0 aromatic heterocycles. The average molecular weight is 342 g/mol. The lowest BCUT2D eigenvalue weighted by Crippen LogP contribution is -2.21. The van der Waals surface area contributed by atoms with Gasteiger partial charge in [0.25, 0.3) is 10.1 Å². The van der Waals surface area contributed by atoms with Gasteiger partial charge in [-0.2, -0.15) is 8.42 Å². The summed E-state index contributed by atoms with van der Waals surface area (Å²) in [4.78, 5) is -0.0747. The fourth-order valence-electron chi connectivity index (χ4n) is 2.38. The van der Waals surface area contributed by atoms with Gasteiger partial charge in [0.05, 0.1) is 4.90 Å². The summed E-state index contributed by atoms with van der Waals surface area (Å²) in [5, 5.41) is 3.13. The minimum Gasteiger partial charge on any atom is -0.282 e. The molecule has 3 aromatic carbocycles. The first-order valence-electron chi connectivity index (χ1n) is 7.03. The number of hydrogen-bond donors (Lipinski definition) is 1. The molecule has 3 nitrogen and oxygen atoms in total. The van der Waals surface area contributed by atoms with Gasteiger partial charge in [0.2, 0.25) is 0 Å². The van der Waals surface area contributed by atoms with E-state index in [1.165, 1.54) is 6.07 Å². The Morgan fingerprint density at radius 2 is 1.13 bits per heavy atom. The van der Waals surface area contributed by atoms with Crippen LogP contribution >= 0.6 is 7.92 Å². The highest BCUT2D eigenvalue weighted by Gasteiger charge is 2.18. The molecule has 3 aromatic rings. The number of hydrogen-bond acceptors (Lipinski definition) is 2. The molecular weight excluding hydrogens is 327 g/mol. The van der Waals surface area contributed by atoms with Crippen molar-refractivity contribution in [3.8, 4) is 0 Å². The highest BCUT2D eigenvalue weighted by Crippen LogP contribution is 2.33. The van der Waals surface area contributed by atoms with Crippen molar-refractivity contribution in [2.75, 3.05) is 0 Å². The molecule has 0 radical (unpaired) electrons. The standard InChI is InChI=1S/C18H15O3PS/c19-23(20,21)18-13-7-12-17(14-18)22(15-8-3-1-4-9-15)16-10-5-2-6-11-16/h1-14H,(H,19,20,21). The summed E-state index contributed by atoms with van der Waals surface area (Å²) >= 11 is 0. The van der Waals surface area contributed by atoms with E-state index in [1.54, 1.807) is 12.1 Å². The van der Waals surface area contributed by atoms with Crippen LogP contribution in [0.3, 0.4) is 0 Å². The maximum Gasteiger partial charge on any atom is 0.294 e.